The Morgan fingerprint density at radius 3 is 1.94 bits per heavy atom. The molecule has 0 aliphatic heterocycles. The molecule has 0 spiro atoms. The van der Waals surface area contributed by atoms with Crippen molar-refractivity contribution < 1.29 is 14.7 Å². The van der Waals surface area contributed by atoms with Crippen molar-refractivity contribution in [3.8, 4) is 11.1 Å². The predicted molar refractivity (Wildman–Crippen MR) is 135 cm³/mol. The minimum Gasteiger partial charge on any atom is -0.480 e. The topological polar surface area (TPSA) is 118 Å². The number of carbonyl (C=O) groups is 2. The fourth-order valence-electron chi connectivity index (χ4n) is 2.82. The fraction of sp³-hybridized carbons (Fsp3) is 0.259. The van der Waals surface area contributed by atoms with E-state index in [-0.39, 0.29) is 0 Å². The van der Waals surface area contributed by atoms with Crippen LogP contribution in [0, 0.1) is 0 Å². The minimum absolute atomic E-state index is 0.520. The number of hydrogen-bond donors (Lipinski definition) is 4. The number of carbonyl (C=O) groups excluding carboxylic acids is 1. The molecular formula is C27H35N3O3. The van der Waals surface area contributed by atoms with E-state index in [9.17, 15) is 9.59 Å². The molecule has 0 saturated carbocycles. The summed E-state index contributed by atoms with van der Waals surface area (Å²) in [6, 6.07) is 27.3. The number of unbranched alkanes of at least 4 members (excludes halogenated alkanes) is 1. The first kappa shape index (κ1) is 27.7. The molecule has 0 aliphatic rings. The summed E-state index contributed by atoms with van der Waals surface area (Å²) in [5.74, 6) is -0.933. The molecule has 0 saturated heterocycles. The first-order chi connectivity index (χ1) is 16.0. The van der Waals surface area contributed by atoms with Gasteiger partial charge in [-0.15, -0.1) is 0 Å². The van der Waals surface area contributed by atoms with Crippen molar-refractivity contribution in [3.05, 3.63) is 96.1 Å². The van der Waals surface area contributed by atoms with E-state index >= 15 is 0 Å². The zero-order chi connectivity index (χ0) is 24.3. The van der Waals surface area contributed by atoms with E-state index in [1.54, 1.807) is 0 Å². The predicted octanol–water partition coefficient (Wildman–Crippen LogP) is 4.10. The summed E-state index contributed by atoms with van der Waals surface area (Å²) in [5, 5.41) is 11.4. The molecule has 0 heterocycles. The van der Waals surface area contributed by atoms with Crippen molar-refractivity contribution in [1.82, 2.24) is 5.32 Å². The average molecular weight is 450 g/mol. The highest BCUT2D eigenvalue weighted by Gasteiger charge is 2.09. The monoisotopic (exact) mass is 449 g/mol. The van der Waals surface area contributed by atoms with Crippen molar-refractivity contribution in [2.75, 3.05) is 13.6 Å². The van der Waals surface area contributed by atoms with Crippen LogP contribution in [0.5, 0.6) is 0 Å². The molecule has 33 heavy (non-hydrogen) atoms. The first-order valence-corrected chi connectivity index (χ1v) is 11.0. The molecule has 0 bridgehead atoms. The molecule has 3 aromatic carbocycles. The maximum Gasteiger partial charge on any atom is 0.320 e. The number of hydrogen-bond acceptors (Lipinski definition) is 5. The van der Waals surface area contributed by atoms with Gasteiger partial charge in [0.2, 0.25) is 0 Å². The lowest BCUT2D eigenvalue weighted by Crippen LogP contribution is -2.29. The van der Waals surface area contributed by atoms with Crippen LogP contribution in [0.4, 0.5) is 0 Å². The summed E-state index contributed by atoms with van der Waals surface area (Å²) in [4.78, 5) is 20.6. The van der Waals surface area contributed by atoms with Gasteiger partial charge in [-0.1, -0.05) is 91.3 Å². The molecule has 6 N–H and O–H groups in total. The van der Waals surface area contributed by atoms with Gasteiger partial charge in [0.25, 0.3) is 0 Å². The van der Waals surface area contributed by atoms with Crippen LogP contribution in [0.3, 0.4) is 0 Å². The highest BCUT2D eigenvalue weighted by Crippen LogP contribution is 2.18. The zero-order valence-corrected chi connectivity index (χ0v) is 19.2. The largest absolute Gasteiger partial charge is 0.480 e. The molecule has 0 aromatic heterocycles. The third-order valence-corrected chi connectivity index (χ3v) is 4.66. The summed E-state index contributed by atoms with van der Waals surface area (Å²) in [7, 11) is 1.95. The third-order valence-electron chi connectivity index (χ3n) is 4.66. The van der Waals surface area contributed by atoms with E-state index in [0.717, 1.165) is 31.2 Å². The summed E-state index contributed by atoms with van der Waals surface area (Å²) in [5.41, 5.74) is 14.8. The average Bonchev–Trinajstić information content (AvgIpc) is 2.86. The zero-order valence-electron chi connectivity index (χ0n) is 19.2. The fourth-order valence-corrected chi connectivity index (χ4v) is 2.82. The Bertz CT molecular complexity index is 901. The van der Waals surface area contributed by atoms with Crippen molar-refractivity contribution in [2.45, 2.75) is 31.8 Å². The van der Waals surface area contributed by atoms with Gasteiger partial charge < -0.3 is 21.9 Å². The third kappa shape index (κ3) is 12.3. The standard InChI is InChI=1S/C13H10O.C8H11N.C6H14N2O2/c14-10-11-6-8-13(9-7-11)12-4-2-1-3-5-12;1-9-7-8-5-3-2-4-6-8;7-4-2-1-3-5(8)6(9)10/h1-10H;2-6,9H,7H2,1H3;5H,1-4,7-8H2,(H,9,10)/t;;5-/m..0/s1. The minimum atomic E-state index is -0.933. The summed E-state index contributed by atoms with van der Waals surface area (Å²) in [6.45, 7) is 1.56. The Balaban J connectivity index is 0.000000257. The number of nitrogens with two attached hydrogens (primary N) is 2. The number of carboxylic acid groups (broad SMARTS) is 1. The van der Waals surface area contributed by atoms with E-state index in [1.807, 2.05) is 67.7 Å². The van der Waals surface area contributed by atoms with Gasteiger partial charge in [-0.3, -0.25) is 9.59 Å². The Morgan fingerprint density at radius 2 is 1.45 bits per heavy atom. The van der Waals surface area contributed by atoms with Gasteiger partial charge in [0.1, 0.15) is 12.3 Å². The maximum atomic E-state index is 10.5. The Kier molecular flexibility index (Phi) is 14.5. The highest BCUT2D eigenvalue weighted by atomic mass is 16.4. The lowest BCUT2D eigenvalue weighted by Gasteiger charge is -2.03. The van der Waals surface area contributed by atoms with Gasteiger partial charge >= 0.3 is 5.97 Å². The van der Waals surface area contributed by atoms with Crippen molar-refractivity contribution in [2.24, 2.45) is 11.5 Å². The molecule has 1 atom stereocenters. The number of nitrogens with one attached hydrogen (secondary N) is 1. The van der Waals surface area contributed by atoms with Gasteiger partial charge in [-0.2, -0.15) is 0 Å². The number of carboxylic acids is 1. The molecule has 3 aromatic rings. The quantitative estimate of drug-likeness (QED) is 0.288. The van der Waals surface area contributed by atoms with Crippen LogP contribution in [0.1, 0.15) is 35.2 Å². The molecule has 176 valence electrons. The molecule has 0 fully saturated rings. The van der Waals surface area contributed by atoms with E-state index < -0.39 is 12.0 Å². The van der Waals surface area contributed by atoms with Crippen LogP contribution < -0.4 is 16.8 Å². The summed E-state index contributed by atoms with van der Waals surface area (Å²) < 4.78 is 0. The lowest BCUT2D eigenvalue weighted by atomic mass is 10.0. The van der Waals surface area contributed by atoms with Crippen LogP contribution >= 0.6 is 0 Å². The molecule has 3 rings (SSSR count). The molecular weight excluding hydrogens is 414 g/mol. The molecule has 0 unspecified atom stereocenters. The van der Waals surface area contributed by atoms with Crippen LogP contribution in [0.2, 0.25) is 0 Å². The van der Waals surface area contributed by atoms with E-state index in [2.05, 4.69) is 29.6 Å². The normalized spacial score (nSPS) is 10.6. The van der Waals surface area contributed by atoms with E-state index in [1.165, 1.54) is 11.1 Å². The second-order valence-corrected chi connectivity index (χ2v) is 7.35. The van der Waals surface area contributed by atoms with Crippen LogP contribution in [-0.2, 0) is 11.3 Å². The smallest absolute Gasteiger partial charge is 0.320 e. The van der Waals surface area contributed by atoms with Crippen LogP contribution in [0.25, 0.3) is 11.1 Å². The Morgan fingerprint density at radius 1 is 0.909 bits per heavy atom. The second-order valence-electron chi connectivity index (χ2n) is 7.35. The molecule has 0 radical (unpaired) electrons. The van der Waals surface area contributed by atoms with Crippen molar-refractivity contribution in [3.63, 3.8) is 0 Å². The van der Waals surface area contributed by atoms with E-state index in [0.29, 0.717) is 18.5 Å². The highest BCUT2D eigenvalue weighted by molar-refractivity contribution is 5.76. The molecule has 0 amide bonds. The van der Waals surface area contributed by atoms with Crippen LogP contribution in [0.15, 0.2) is 84.9 Å². The van der Waals surface area contributed by atoms with E-state index in [4.69, 9.17) is 16.6 Å². The molecule has 0 aliphatic carbocycles. The Hall–Kier alpha value is -3.32. The van der Waals surface area contributed by atoms with Crippen molar-refractivity contribution >= 4 is 12.3 Å². The van der Waals surface area contributed by atoms with Crippen LogP contribution in [-0.4, -0.2) is 37.0 Å². The lowest BCUT2D eigenvalue weighted by molar-refractivity contribution is -0.138. The number of aldehydes is 1. The summed E-state index contributed by atoms with van der Waals surface area (Å²) >= 11 is 0. The van der Waals surface area contributed by atoms with Gasteiger partial charge in [0, 0.05) is 12.1 Å². The van der Waals surface area contributed by atoms with Gasteiger partial charge in [0.05, 0.1) is 0 Å². The number of aliphatic carboxylic acids is 1. The Labute approximate surface area is 196 Å². The van der Waals surface area contributed by atoms with Gasteiger partial charge in [-0.25, -0.2) is 0 Å². The molecule has 6 nitrogen and oxygen atoms in total. The van der Waals surface area contributed by atoms with Gasteiger partial charge in [-0.05, 0) is 43.1 Å². The first-order valence-electron chi connectivity index (χ1n) is 11.0. The summed E-state index contributed by atoms with van der Waals surface area (Å²) in [6.07, 6.45) is 3.02. The SMILES string of the molecule is CNCc1ccccc1.NCCCC[C@H](N)C(=O)O.O=Cc1ccc(-c2ccccc2)cc1. The number of rotatable bonds is 9. The number of benzene rings is 3. The second kappa shape index (κ2) is 17.3. The molecule has 6 heteroatoms. The van der Waals surface area contributed by atoms with Crippen molar-refractivity contribution in [1.29, 1.82) is 0 Å². The maximum absolute atomic E-state index is 10.5. The van der Waals surface area contributed by atoms with Gasteiger partial charge in [0.15, 0.2) is 0 Å².